The Balaban J connectivity index is 2.75. The highest BCUT2D eigenvalue weighted by molar-refractivity contribution is 7.15. The predicted molar refractivity (Wildman–Crippen MR) is 78.7 cm³/mol. The number of alkyl halides is 3. The molecule has 0 radical (unpaired) electrons. The first-order chi connectivity index (χ1) is 9.73. The highest BCUT2D eigenvalue weighted by atomic mass is 32.1. The maximum absolute atomic E-state index is 12.3. The number of nitrogens with one attached hydrogen (secondary N) is 1. The van der Waals surface area contributed by atoms with Gasteiger partial charge in [-0.2, -0.15) is 13.2 Å². The van der Waals surface area contributed by atoms with Gasteiger partial charge in [0.2, 0.25) is 0 Å². The third-order valence-electron chi connectivity index (χ3n) is 2.78. The van der Waals surface area contributed by atoms with Gasteiger partial charge in [-0.15, -0.1) is 11.3 Å². The fourth-order valence-corrected chi connectivity index (χ4v) is 2.61. The molecule has 1 rings (SSSR count). The first-order valence-electron chi connectivity index (χ1n) is 6.71. The molecule has 1 heterocycles. The summed E-state index contributed by atoms with van der Waals surface area (Å²) in [5, 5.41) is 3.88. The average molecular weight is 325 g/mol. The zero-order chi connectivity index (χ0) is 16.0. The fraction of sp³-hybridized carbons (Fsp3) is 0.769. The summed E-state index contributed by atoms with van der Waals surface area (Å²) in [6.07, 6.45) is -4.99. The summed E-state index contributed by atoms with van der Waals surface area (Å²) < 4.78 is 41.9. The Labute approximate surface area is 127 Å². The van der Waals surface area contributed by atoms with Gasteiger partial charge in [0.25, 0.3) is 0 Å². The maximum atomic E-state index is 12.3. The molecular weight excluding hydrogens is 303 g/mol. The van der Waals surface area contributed by atoms with Crippen LogP contribution in [0.4, 0.5) is 18.3 Å². The lowest BCUT2D eigenvalue weighted by Gasteiger charge is -2.16. The standard InChI is InChI=1S/C13H22F3N3OS/c1-9(2)17-7-11-10(8-20-4)18-12(21-11)19(3)6-5-13(14,15)16/h9,17H,5-8H2,1-4H3. The minimum atomic E-state index is -4.15. The van der Waals surface area contributed by atoms with E-state index in [-0.39, 0.29) is 6.54 Å². The number of ether oxygens (including phenoxy) is 1. The highest BCUT2D eigenvalue weighted by Gasteiger charge is 2.27. The molecule has 0 saturated heterocycles. The number of thiazole rings is 1. The summed E-state index contributed by atoms with van der Waals surface area (Å²) in [6, 6.07) is 0.328. The van der Waals surface area contributed by atoms with Gasteiger partial charge in [0.1, 0.15) is 0 Å². The SMILES string of the molecule is COCc1nc(N(C)CCC(F)(F)F)sc1CNC(C)C. The van der Waals surface area contributed by atoms with E-state index in [1.165, 1.54) is 16.2 Å². The van der Waals surface area contributed by atoms with Gasteiger partial charge in [-0.25, -0.2) is 4.98 Å². The van der Waals surface area contributed by atoms with Crippen LogP contribution in [-0.2, 0) is 17.9 Å². The molecule has 0 fully saturated rings. The number of halogens is 3. The molecule has 4 nitrogen and oxygen atoms in total. The number of rotatable bonds is 8. The molecule has 0 bridgehead atoms. The van der Waals surface area contributed by atoms with Crippen LogP contribution in [0.1, 0.15) is 30.8 Å². The van der Waals surface area contributed by atoms with E-state index in [1.807, 2.05) is 13.8 Å². The predicted octanol–water partition coefficient (Wildman–Crippen LogP) is 3.18. The largest absolute Gasteiger partial charge is 0.390 e. The molecule has 8 heteroatoms. The van der Waals surface area contributed by atoms with Crippen LogP contribution >= 0.6 is 11.3 Å². The van der Waals surface area contributed by atoms with Gasteiger partial charge in [0.05, 0.1) is 18.7 Å². The van der Waals surface area contributed by atoms with E-state index in [2.05, 4.69) is 10.3 Å². The van der Waals surface area contributed by atoms with Crippen molar-refractivity contribution in [2.24, 2.45) is 0 Å². The Morgan fingerprint density at radius 2 is 2.05 bits per heavy atom. The van der Waals surface area contributed by atoms with Crippen molar-refractivity contribution in [3.8, 4) is 0 Å². The molecule has 21 heavy (non-hydrogen) atoms. The minimum Gasteiger partial charge on any atom is -0.378 e. The molecule has 0 aliphatic rings. The normalized spacial score (nSPS) is 12.2. The molecule has 0 aliphatic heterocycles. The summed E-state index contributed by atoms with van der Waals surface area (Å²) in [5.41, 5.74) is 0.782. The van der Waals surface area contributed by atoms with Crippen LogP contribution in [0.5, 0.6) is 0 Å². The Morgan fingerprint density at radius 3 is 2.57 bits per heavy atom. The van der Waals surface area contributed by atoms with Crippen molar-refractivity contribution >= 4 is 16.5 Å². The molecule has 0 aromatic carbocycles. The van der Waals surface area contributed by atoms with Crippen LogP contribution in [0.15, 0.2) is 0 Å². The Kier molecular flexibility index (Phi) is 6.89. The van der Waals surface area contributed by atoms with E-state index < -0.39 is 12.6 Å². The van der Waals surface area contributed by atoms with Gasteiger partial charge >= 0.3 is 6.18 Å². The van der Waals surface area contributed by atoms with Gasteiger partial charge in [-0.3, -0.25) is 0 Å². The van der Waals surface area contributed by atoms with E-state index >= 15 is 0 Å². The average Bonchev–Trinajstić information content (AvgIpc) is 2.76. The molecule has 1 aromatic heterocycles. The zero-order valence-electron chi connectivity index (χ0n) is 12.8. The van der Waals surface area contributed by atoms with Crippen molar-refractivity contribution in [3.63, 3.8) is 0 Å². The Bertz CT molecular complexity index is 435. The topological polar surface area (TPSA) is 37.4 Å². The zero-order valence-corrected chi connectivity index (χ0v) is 13.6. The van der Waals surface area contributed by atoms with Crippen LogP contribution in [-0.4, -0.2) is 37.9 Å². The second-order valence-electron chi connectivity index (χ2n) is 5.12. The second-order valence-corrected chi connectivity index (χ2v) is 6.18. The summed E-state index contributed by atoms with van der Waals surface area (Å²) in [5.74, 6) is 0. The van der Waals surface area contributed by atoms with Gasteiger partial charge < -0.3 is 15.0 Å². The van der Waals surface area contributed by atoms with Crippen LogP contribution in [0.3, 0.4) is 0 Å². The van der Waals surface area contributed by atoms with Crippen molar-refractivity contribution in [3.05, 3.63) is 10.6 Å². The molecule has 0 saturated carbocycles. The quantitative estimate of drug-likeness (QED) is 0.796. The lowest BCUT2D eigenvalue weighted by molar-refractivity contribution is -0.132. The fourth-order valence-electron chi connectivity index (χ4n) is 1.61. The minimum absolute atomic E-state index is 0.0967. The molecule has 0 spiro atoms. The number of hydrogen-bond acceptors (Lipinski definition) is 5. The summed E-state index contributed by atoms with van der Waals surface area (Å²) in [7, 11) is 3.20. The first kappa shape index (κ1) is 18.2. The lowest BCUT2D eigenvalue weighted by Crippen LogP contribution is -2.23. The van der Waals surface area contributed by atoms with Crippen LogP contribution in [0.2, 0.25) is 0 Å². The number of methoxy groups -OCH3 is 1. The first-order valence-corrected chi connectivity index (χ1v) is 7.53. The van der Waals surface area contributed by atoms with Crippen LogP contribution in [0, 0.1) is 0 Å². The van der Waals surface area contributed by atoms with Gasteiger partial charge in [-0.05, 0) is 0 Å². The molecule has 0 unspecified atom stereocenters. The van der Waals surface area contributed by atoms with Crippen molar-refractivity contribution in [1.29, 1.82) is 0 Å². The molecule has 122 valence electrons. The molecule has 0 aliphatic carbocycles. The molecule has 0 atom stereocenters. The van der Waals surface area contributed by atoms with Gasteiger partial charge in [-0.1, -0.05) is 13.8 Å². The van der Waals surface area contributed by atoms with Crippen molar-refractivity contribution in [2.45, 2.75) is 45.6 Å². The summed E-state index contributed by atoms with van der Waals surface area (Å²) in [4.78, 5) is 6.93. The Hall–Kier alpha value is -0.860. The summed E-state index contributed by atoms with van der Waals surface area (Å²) in [6.45, 7) is 4.97. The summed E-state index contributed by atoms with van der Waals surface area (Å²) >= 11 is 1.41. The number of aromatic nitrogens is 1. The van der Waals surface area contributed by atoms with Gasteiger partial charge in [0.15, 0.2) is 5.13 Å². The lowest BCUT2D eigenvalue weighted by atomic mass is 10.3. The molecule has 1 aromatic rings. The van der Waals surface area contributed by atoms with E-state index in [1.54, 1.807) is 14.2 Å². The van der Waals surface area contributed by atoms with Crippen LogP contribution in [0.25, 0.3) is 0 Å². The maximum Gasteiger partial charge on any atom is 0.390 e. The van der Waals surface area contributed by atoms with E-state index in [9.17, 15) is 13.2 Å². The van der Waals surface area contributed by atoms with Gasteiger partial charge in [0, 0.05) is 38.2 Å². The number of anilines is 1. The van der Waals surface area contributed by atoms with E-state index in [0.29, 0.717) is 24.3 Å². The third-order valence-corrected chi connectivity index (χ3v) is 3.99. The molecule has 1 N–H and O–H groups in total. The highest BCUT2D eigenvalue weighted by Crippen LogP contribution is 2.28. The molecule has 0 amide bonds. The second kappa shape index (κ2) is 7.95. The monoisotopic (exact) mass is 325 g/mol. The van der Waals surface area contributed by atoms with Crippen LogP contribution < -0.4 is 10.2 Å². The number of hydrogen-bond donors (Lipinski definition) is 1. The van der Waals surface area contributed by atoms with Crippen molar-refractivity contribution in [1.82, 2.24) is 10.3 Å². The molecular formula is C13H22F3N3OS. The number of nitrogens with zero attached hydrogens (tertiary/aromatic N) is 2. The smallest absolute Gasteiger partial charge is 0.378 e. The van der Waals surface area contributed by atoms with Crippen molar-refractivity contribution in [2.75, 3.05) is 25.6 Å². The van der Waals surface area contributed by atoms with Crippen molar-refractivity contribution < 1.29 is 17.9 Å². The third kappa shape index (κ3) is 6.62. The van der Waals surface area contributed by atoms with E-state index in [4.69, 9.17) is 4.74 Å². The Morgan fingerprint density at radius 1 is 1.38 bits per heavy atom. The van der Waals surface area contributed by atoms with E-state index in [0.717, 1.165) is 10.6 Å².